The molecule has 0 spiro atoms. The molecule has 0 aliphatic rings. The van der Waals surface area contributed by atoms with E-state index in [4.69, 9.17) is 28.6 Å². The summed E-state index contributed by atoms with van der Waals surface area (Å²) >= 11 is 10.2. The summed E-state index contributed by atoms with van der Waals surface area (Å²) in [6, 6.07) is 0. The predicted molar refractivity (Wildman–Crippen MR) is 44.2 cm³/mol. The van der Waals surface area contributed by atoms with Crippen molar-refractivity contribution in [3.63, 3.8) is 0 Å². The van der Waals surface area contributed by atoms with Crippen LogP contribution < -0.4 is 0 Å². The summed E-state index contributed by atoms with van der Waals surface area (Å²) in [4.78, 5) is 0. The predicted octanol–water partition coefficient (Wildman–Crippen LogP) is 2.37. The first-order chi connectivity index (χ1) is 4.31. The van der Waals surface area contributed by atoms with Gasteiger partial charge in [0, 0.05) is 6.42 Å². The number of halogens is 1. The fourth-order valence-corrected chi connectivity index (χ4v) is 0.793. The average molecular weight is 167 g/mol. The monoisotopic (exact) mass is 166 g/mol. The van der Waals surface area contributed by atoms with Gasteiger partial charge in [0.2, 0.25) is 0 Å². The molecule has 0 unspecified atom stereocenters. The van der Waals surface area contributed by atoms with Gasteiger partial charge in [0.15, 0.2) is 5.05 Å². The molecular formula is C6H11ClOS. The van der Waals surface area contributed by atoms with E-state index in [0.717, 1.165) is 12.8 Å². The molecule has 0 saturated carbocycles. The molecule has 0 amide bonds. The Labute approximate surface area is 66.3 Å². The van der Waals surface area contributed by atoms with Crippen molar-refractivity contribution in [2.45, 2.75) is 19.8 Å². The first-order valence-corrected chi connectivity index (χ1v) is 3.97. The molecule has 0 aromatic rings. The minimum absolute atomic E-state index is 0.518. The Morgan fingerprint density at radius 2 is 2.33 bits per heavy atom. The molecule has 3 heteroatoms. The van der Waals surface area contributed by atoms with Gasteiger partial charge in [0.25, 0.3) is 0 Å². The van der Waals surface area contributed by atoms with Gasteiger partial charge in [-0.1, -0.05) is 6.92 Å². The van der Waals surface area contributed by atoms with E-state index in [1.54, 1.807) is 0 Å². The number of rotatable bonds is 4. The van der Waals surface area contributed by atoms with Gasteiger partial charge >= 0.3 is 0 Å². The van der Waals surface area contributed by atoms with Gasteiger partial charge in [0.1, 0.15) is 6.61 Å². The lowest BCUT2D eigenvalue weighted by atomic mass is 10.4. The Morgan fingerprint density at radius 3 is 2.78 bits per heavy atom. The van der Waals surface area contributed by atoms with Gasteiger partial charge in [-0.25, -0.2) is 0 Å². The Kier molecular flexibility index (Phi) is 6.43. The fourth-order valence-electron chi connectivity index (χ4n) is 0.429. The highest BCUT2D eigenvalue weighted by Gasteiger charge is 1.92. The standard InChI is InChI=1S/C6H11ClOS/c1-2-3-6(9)8-5-4-7/h2-5H2,1H3. The van der Waals surface area contributed by atoms with Crippen molar-refractivity contribution in [3.8, 4) is 0 Å². The third-order valence-electron chi connectivity index (χ3n) is 0.794. The van der Waals surface area contributed by atoms with Crippen molar-refractivity contribution in [3.05, 3.63) is 0 Å². The van der Waals surface area contributed by atoms with Crippen LogP contribution in [0.15, 0.2) is 0 Å². The molecule has 0 N–H and O–H groups in total. The molecule has 0 radical (unpaired) electrons. The summed E-state index contributed by atoms with van der Waals surface area (Å²) in [7, 11) is 0. The number of alkyl halides is 1. The molecule has 0 aromatic carbocycles. The largest absolute Gasteiger partial charge is 0.486 e. The SMILES string of the molecule is CCCC(=S)OCCCl. The summed E-state index contributed by atoms with van der Waals surface area (Å²) in [5.41, 5.74) is 0. The van der Waals surface area contributed by atoms with Crippen molar-refractivity contribution in [2.24, 2.45) is 0 Å². The zero-order valence-corrected chi connectivity index (χ0v) is 7.10. The van der Waals surface area contributed by atoms with E-state index in [0.29, 0.717) is 17.5 Å². The Bertz CT molecular complexity index is 85.1. The highest BCUT2D eigenvalue weighted by Crippen LogP contribution is 1.93. The van der Waals surface area contributed by atoms with Crippen LogP contribution in [-0.2, 0) is 4.74 Å². The lowest BCUT2D eigenvalue weighted by Crippen LogP contribution is -2.02. The third-order valence-corrected chi connectivity index (χ3v) is 1.27. The molecule has 0 fully saturated rings. The molecule has 0 saturated heterocycles. The first-order valence-electron chi connectivity index (χ1n) is 3.02. The zero-order valence-electron chi connectivity index (χ0n) is 5.52. The number of thiocarbonyl (C=S) groups is 1. The van der Waals surface area contributed by atoms with E-state index < -0.39 is 0 Å². The highest BCUT2D eigenvalue weighted by atomic mass is 35.5. The fraction of sp³-hybridized carbons (Fsp3) is 0.833. The van der Waals surface area contributed by atoms with Crippen molar-refractivity contribution in [1.82, 2.24) is 0 Å². The van der Waals surface area contributed by atoms with Crippen LogP contribution in [-0.4, -0.2) is 17.5 Å². The van der Waals surface area contributed by atoms with Crippen LogP contribution in [0.5, 0.6) is 0 Å². The van der Waals surface area contributed by atoms with Gasteiger partial charge in [-0.3, -0.25) is 0 Å². The normalized spacial score (nSPS) is 9.11. The zero-order chi connectivity index (χ0) is 7.11. The van der Waals surface area contributed by atoms with Gasteiger partial charge in [0.05, 0.1) is 5.88 Å². The highest BCUT2D eigenvalue weighted by molar-refractivity contribution is 7.80. The number of hydrogen-bond donors (Lipinski definition) is 0. The first kappa shape index (κ1) is 9.18. The maximum Gasteiger partial charge on any atom is 0.159 e. The second kappa shape index (κ2) is 6.30. The van der Waals surface area contributed by atoms with E-state index in [1.165, 1.54) is 0 Å². The smallest absolute Gasteiger partial charge is 0.159 e. The van der Waals surface area contributed by atoms with Crippen LogP contribution in [0.2, 0.25) is 0 Å². The minimum Gasteiger partial charge on any atom is -0.486 e. The van der Waals surface area contributed by atoms with Crippen LogP contribution in [0, 0.1) is 0 Å². The summed E-state index contributed by atoms with van der Waals surface area (Å²) in [6.07, 6.45) is 1.91. The average Bonchev–Trinajstić information content (AvgIpc) is 1.85. The van der Waals surface area contributed by atoms with Crippen molar-refractivity contribution >= 4 is 28.9 Å². The Balaban J connectivity index is 3.06. The molecule has 0 aliphatic heterocycles. The molecule has 0 heterocycles. The quantitative estimate of drug-likeness (QED) is 0.469. The van der Waals surface area contributed by atoms with Gasteiger partial charge < -0.3 is 4.74 Å². The summed E-state index contributed by atoms with van der Waals surface area (Å²) in [5, 5.41) is 0.679. The van der Waals surface area contributed by atoms with Gasteiger partial charge in [-0.15, -0.1) is 11.6 Å². The molecule has 0 aromatic heterocycles. The van der Waals surface area contributed by atoms with Crippen LogP contribution in [0.25, 0.3) is 0 Å². The molecule has 0 aliphatic carbocycles. The van der Waals surface area contributed by atoms with Crippen LogP contribution >= 0.6 is 23.8 Å². The van der Waals surface area contributed by atoms with Gasteiger partial charge in [-0.05, 0) is 18.6 Å². The Hall–Kier alpha value is 0.180. The van der Waals surface area contributed by atoms with Crippen LogP contribution in [0.1, 0.15) is 19.8 Å². The van der Waals surface area contributed by atoms with Crippen molar-refractivity contribution < 1.29 is 4.74 Å². The molecule has 0 bridgehead atoms. The third kappa shape index (κ3) is 6.06. The molecular weight excluding hydrogens is 156 g/mol. The molecule has 0 atom stereocenters. The summed E-state index contributed by atoms with van der Waals surface area (Å²) < 4.78 is 5.03. The Morgan fingerprint density at radius 1 is 1.67 bits per heavy atom. The minimum atomic E-state index is 0.518. The second-order valence-electron chi connectivity index (χ2n) is 1.66. The lowest BCUT2D eigenvalue weighted by Gasteiger charge is -2.01. The van der Waals surface area contributed by atoms with E-state index in [9.17, 15) is 0 Å². The maximum absolute atomic E-state index is 5.36. The van der Waals surface area contributed by atoms with E-state index in [2.05, 4.69) is 6.92 Å². The van der Waals surface area contributed by atoms with E-state index in [-0.39, 0.29) is 0 Å². The molecule has 9 heavy (non-hydrogen) atoms. The van der Waals surface area contributed by atoms with Crippen LogP contribution in [0.4, 0.5) is 0 Å². The van der Waals surface area contributed by atoms with E-state index in [1.807, 2.05) is 0 Å². The molecule has 1 nitrogen and oxygen atoms in total. The van der Waals surface area contributed by atoms with E-state index >= 15 is 0 Å². The maximum atomic E-state index is 5.36. The lowest BCUT2D eigenvalue weighted by molar-refractivity contribution is 0.329. The summed E-state index contributed by atoms with van der Waals surface area (Å²) in [6.45, 7) is 2.61. The molecule has 54 valence electrons. The van der Waals surface area contributed by atoms with Crippen molar-refractivity contribution in [1.29, 1.82) is 0 Å². The number of ether oxygens (including phenoxy) is 1. The second-order valence-corrected chi connectivity index (χ2v) is 2.49. The van der Waals surface area contributed by atoms with Crippen molar-refractivity contribution in [2.75, 3.05) is 12.5 Å². The topological polar surface area (TPSA) is 9.23 Å². The molecule has 0 rings (SSSR count). The van der Waals surface area contributed by atoms with Gasteiger partial charge in [-0.2, -0.15) is 0 Å². The summed E-state index contributed by atoms with van der Waals surface area (Å²) in [5.74, 6) is 0.518. The van der Waals surface area contributed by atoms with Crippen LogP contribution in [0.3, 0.4) is 0 Å². The number of hydrogen-bond acceptors (Lipinski definition) is 2.